The lowest BCUT2D eigenvalue weighted by atomic mass is 10.0. The highest BCUT2D eigenvalue weighted by Crippen LogP contribution is 2.27. The molecule has 1 aromatic rings. The largest absolute Gasteiger partial charge is 0.479 e. The van der Waals surface area contributed by atoms with Crippen LogP contribution in [0.3, 0.4) is 0 Å². The number of hydrogen-bond acceptors (Lipinski definition) is 4. The fraction of sp³-hybridized carbons (Fsp3) is 0.222. The van der Waals surface area contributed by atoms with Gasteiger partial charge in [-0.25, -0.2) is 13.6 Å². The number of anilines is 1. The molecule has 0 fully saturated rings. The molecule has 5 N–H and O–H groups in total. The zero-order valence-corrected chi connectivity index (χ0v) is 7.89. The number of aliphatic carboxylic acids is 1. The van der Waals surface area contributed by atoms with E-state index in [0.717, 1.165) is 12.1 Å². The van der Waals surface area contributed by atoms with E-state index >= 15 is 0 Å². The first-order valence-corrected chi connectivity index (χ1v) is 4.18. The topological polar surface area (TPSA) is 104 Å². The molecule has 1 aromatic carbocycles. The van der Waals surface area contributed by atoms with E-state index in [1.807, 2.05) is 0 Å². The molecule has 16 heavy (non-hydrogen) atoms. The summed E-state index contributed by atoms with van der Waals surface area (Å²) in [6, 6.07) is 1.69. The number of aliphatic hydroxyl groups excluding tert-OH is 2. The van der Waals surface area contributed by atoms with Crippen LogP contribution in [-0.2, 0) is 4.79 Å². The molecular formula is C9H9F2NO4. The van der Waals surface area contributed by atoms with Crippen molar-refractivity contribution in [3.05, 3.63) is 29.3 Å². The van der Waals surface area contributed by atoms with Gasteiger partial charge in [-0.05, 0) is 12.1 Å². The van der Waals surface area contributed by atoms with E-state index in [1.165, 1.54) is 0 Å². The number of benzene rings is 1. The quantitative estimate of drug-likeness (QED) is 0.551. The standard InChI is InChI=1S/C9H9F2NO4/c10-3-1-2-4(12)5(6(3)11)7(13)8(14)9(15)16/h1-2,7-8,13-14H,12H2,(H,15,16). The number of nitrogens with two attached hydrogens (primary N) is 1. The third-order valence-electron chi connectivity index (χ3n) is 2.01. The molecule has 0 heterocycles. The molecule has 0 saturated heterocycles. The van der Waals surface area contributed by atoms with Gasteiger partial charge >= 0.3 is 5.97 Å². The summed E-state index contributed by atoms with van der Waals surface area (Å²) >= 11 is 0. The Hall–Kier alpha value is -1.73. The van der Waals surface area contributed by atoms with E-state index in [-0.39, 0.29) is 5.69 Å². The number of nitrogen functional groups attached to an aromatic ring is 1. The molecule has 0 radical (unpaired) electrons. The van der Waals surface area contributed by atoms with E-state index in [4.69, 9.17) is 15.9 Å². The molecule has 0 amide bonds. The van der Waals surface area contributed by atoms with E-state index < -0.39 is 35.4 Å². The number of halogens is 2. The summed E-state index contributed by atoms with van der Waals surface area (Å²) in [6.07, 6.45) is -4.41. The Morgan fingerprint density at radius 1 is 1.31 bits per heavy atom. The highest BCUT2D eigenvalue weighted by molar-refractivity contribution is 5.73. The third-order valence-corrected chi connectivity index (χ3v) is 2.01. The maximum absolute atomic E-state index is 13.2. The van der Waals surface area contributed by atoms with Gasteiger partial charge in [-0.2, -0.15) is 0 Å². The Balaban J connectivity index is 3.22. The van der Waals surface area contributed by atoms with Crippen LogP contribution in [0.25, 0.3) is 0 Å². The van der Waals surface area contributed by atoms with Gasteiger partial charge in [0, 0.05) is 11.3 Å². The van der Waals surface area contributed by atoms with Crippen LogP contribution in [0.4, 0.5) is 14.5 Å². The van der Waals surface area contributed by atoms with Gasteiger partial charge in [0.25, 0.3) is 0 Å². The number of carboxylic acids is 1. The lowest BCUT2D eigenvalue weighted by Crippen LogP contribution is -2.29. The van der Waals surface area contributed by atoms with E-state index in [2.05, 4.69) is 0 Å². The normalized spacial score (nSPS) is 14.5. The molecule has 7 heteroatoms. The van der Waals surface area contributed by atoms with Crippen molar-refractivity contribution in [3.8, 4) is 0 Å². The van der Waals surface area contributed by atoms with Crippen molar-refractivity contribution in [3.63, 3.8) is 0 Å². The highest BCUT2D eigenvalue weighted by atomic mass is 19.2. The van der Waals surface area contributed by atoms with Gasteiger partial charge < -0.3 is 21.1 Å². The fourth-order valence-corrected chi connectivity index (χ4v) is 1.17. The number of hydrogen-bond donors (Lipinski definition) is 4. The Kier molecular flexibility index (Phi) is 3.41. The Bertz CT molecular complexity index is 424. The molecule has 5 nitrogen and oxygen atoms in total. The van der Waals surface area contributed by atoms with Crippen LogP contribution < -0.4 is 5.73 Å². The average Bonchev–Trinajstić information content (AvgIpc) is 2.22. The van der Waals surface area contributed by atoms with Crippen LogP contribution in [-0.4, -0.2) is 27.4 Å². The van der Waals surface area contributed by atoms with E-state index in [0.29, 0.717) is 0 Å². The van der Waals surface area contributed by atoms with Crippen molar-refractivity contribution >= 4 is 11.7 Å². The van der Waals surface area contributed by atoms with Gasteiger partial charge in [0.1, 0.15) is 6.10 Å². The fourth-order valence-electron chi connectivity index (χ4n) is 1.17. The molecule has 2 unspecified atom stereocenters. The van der Waals surface area contributed by atoms with Crippen LogP contribution >= 0.6 is 0 Å². The molecule has 0 bridgehead atoms. The Labute approximate surface area is 88.7 Å². The minimum Gasteiger partial charge on any atom is -0.479 e. The lowest BCUT2D eigenvalue weighted by molar-refractivity contribution is -0.153. The third kappa shape index (κ3) is 2.10. The van der Waals surface area contributed by atoms with Gasteiger partial charge in [-0.1, -0.05) is 0 Å². The van der Waals surface area contributed by atoms with Gasteiger partial charge in [0.05, 0.1) is 0 Å². The number of carboxylic acid groups (broad SMARTS) is 1. The van der Waals surface area contributed by atoms with Crippen molar-refractivity contribution < 1.29 is 28.9 Å². The van der Waals surface area contributed by atoms with Crippen LogP contribution in [0.5, 0.6) is 0 Å². The number of aliphatic hydroxyl groups is 2. The Morgan fingerprint density at radius 3 is 2.38 bits per heavy atom. The molecule has 0 spiro atoms. The summed E-state index contributed by atoms with van der Waals surface area (Å²) in [4.78, 5) is 10.4. The van der Waals surface area contributed by atoms with Crippen molar-refractivity contribution in [2.24, 2.45) is 0 Å². The summed E-state index contributed by atoms with van der Waals surface area (Å²) in [5.41, 5.74) is 4.15. The first-order valence-electron chi connectivity index (χ1n) is 4.18. The lowest BCUT2D eigenvalue weighted by Gasteiger charge is -2.17. The Morgan fingerprint density at radius 2 is 1.88 bits per heavy atom. The predicted molar refractivity (Wildman–Crippen MR) is 49.4 cm³/mol. The summed E-state index contributed by atoms with van der Waals surface area (Å²) in [5, 5.41) is 26.7. The monoisotopic (exact) mass is 233 g/mol. The molecular weight excluding hydrogens is 224 g/mol. The predicted octanol–water partition coefficient (Wildman–Crippen LogP) is 0.0259. The molecule has 0 aromatic heterocycles. The SMILES string of the molecule is Nc1ccc(F)c(F)c1C(O)C(O)C(=O)O. The van der Waals surface area contributed by atoms with Crippen LogP contribution in [0.1, 0.15) is 11.7 Å². The van der Waals surface area contributed by atoms with Crippen LogP contribution in [0, 0.1) is 11.6 Å². The van der Waals surface area contributed by atoms with E-state index in [9.17, 15) is 18.7 Å². The first-order chi connectivity index (χ1) is 7.36. The zero-order chi connectivity index (χ0) is 12.5. The maximum Gasteiger partial charge on any atom is 0.335 e. The molecule has 0 saturated carbocycles. The minimum atomic E-state index is -2.28. The van der Waals surface area contributed by atoms with Gasteiger partial charge in [0.15, 0.2) is 17.7 Å². The van der Waals surface area contributed by atoms with Crippen molar-refractivity contribution in [1.29, 1.82) is 0 Å². The molecule has 0 aliphatic rings. The number of rotatable bonds is 3. The van der Waals surface area contributed by atoms with Crippen molar-refractivity contribution in [2.45, 2.75) is 12.2 Å². The van der Waals surface area contributed by atoms with E-state index in [1.54, 1.807) is 0 Å². The smallest absolute Gasteiger partial charge is 0.335 e. The summed E-state index contributed by atoms with van der Waals surface area (Å²) < 4.78 is 26.0. The maximum atomic E-state index is 13.2. The summed E-state index contributed by atoms with van der Waals surface area (Å²) in [5.74, 6) is -4.54. The van der Waals surface area contributed by atoms with Gasteiger partial charge in [-0.15, -0.1) is 0 Å². The van der Waals surface area contributed by atoms with Crippen LogP contribution in [0.2, 0.25) is 0 Å². The molecule has 0 aliphatic heterocycles. The first kappa shape index (κ1) is 12.3. The van der Waals surface area contributed by atoms with Crippen molar-refractivity contribution in [2.75, 3.05) is 5.73 Å². The number of carbonyl (C=O) groups is 1. The molecule has 1 rings (SSSR count). The zero-order valence-electron chi connectivity index (χ0n) is 7.89. The second-order valence-corrected chi connectivity index (χ2v) is 3.09. The minimum absolute atomic E-state index is 0.341. The van der Waals surface area contributed by atoms with Gasteiger partial charge in [0.2, 0.25) is 0 Å². The highest BCUT2D eigenvalue weighted by Gasteiger charge is 2.30. The summed E-state index contributed by atoms with van der Waals surface area (Å²) in [7, 11) is 0. The van der Waals surface area contributed by atoms with Crippen molar-refractivity contribution in [1.82, 2.24) is 0 Å². The van der Waals surface area contributed by atoms with Gasteiger partial charge in [-0.3, -0.25) is 0 Å². The average molecular weight is 233 g/mol. The van der Waals surface area contributed by atoms with Crippen LogP contribution in [0.15, 0.2) is 12.1 Å². The second-order valence-electron chi connectivity index (χ2n) is 3.09. The molecule has 2 atom stereocenters. The molecule has 88 valence electrons. The summed E-state index contributed by atoms with van der Waals surface area (Å²) in [6.45, 7) is 0. The molecule has 0 aliphatic carbocycles. The second kappa shape index (κ2) is 4.42.